The Morgan fingerprint density at radius 3 is 2.39 bits per heavy atom. The van der Waals surface area contributed by atoms with Crippen LogP contribution in [0.25, 0.3) is 32.4 Å². The number of hydrogen-bond donors (Lipinski definition) is 2. The first-order valence-corrected chi connectivity index (χ1v) is 14.1. The molecule has 5 aromatic rings. The number of piperidine rings is 3. The molecule has 4 aromatic carbocycles. The first kappa shape index (κ1) is 23.6. The summed E-state index contributed by atoms with van der Waals surface area (Å²) in [5.74, 6) is 1.55. The third-order valence-electron chi connectivity index (χ3n) is 9.78. The molecule has 0 spiro atoms. The molecule has 0 saturated carbocycles. The van der Waals surface area contributed by atoms with Crippen molar-refractivity contribution >= 4 is 32.4 Å². The summed E-state index contributed by atoms with van der Waals surface area (Å²) in [6, 6.07) is 27.2. The van der Waals surface area contributed by atoms with E-state index in [0.29, 0.717) is 11.8 Å². The fraction of sp³-hybridized carbons (Fsp3) is 0.324. The van der Waals surface area contributed by atoms with Gasteiger partial charge in [0, 0.05) is 35.9 Å². The molecule has 2 bridgehead atoms. The van der Waals surface area contributed by atoms with Crippen LogP contribution in [0, 0.1) is 11.8 Å². The van der Waals surface area contributed by atoms with Crippen LogP contribution in [0.15, 0.2) is 85.1 Å². The number of aromatic nitrogens is 1. The first-order valence-electron chi connectivity index (χ1n) is 14.1. The second-order valence-corrected chi connectivity index (χ2v) is 11.6. The molecule has 0 amide bonds. The Labute approximate surface area is 223 Å². The summed E-state index contributed by atoms with van der Waals surface area (Å²) < 4.78 is 0.913. The van der Waals surface area contributed by atoms with E-state index in [2.05, 4.69) is 66.5 Å². The molecule has 0 radical (unpaired) electrons. The molecule has 3 aliphatic heterocycles. The minimum atomic E-state index is -0.621. The van der Waals surface area contributed by atoms with Gasteiger partial charge in [0.25, 0.3) is 0 Å². The Morgan fingerprint density at radius 1 is 0.921 bits per heavy atom. The third kappa shape index (κ3) is 3.70. The Morgan fingerprint density at radius 2 is 1.66 bits per heavy atom. The van der Waals surface area contributed by atoms with Crippen molar-refractivity contribution < 1.29 is 14.7 Å². The SMILES string of the molecule is CC[C@H]1C[N+]2(Cc3c4ccccc4cc4ccccc34)CC[C@H]1C[C@H]2[C@H](O)c1ccnc2ccc(O)cc12. The molecule has 4 nitrogen and oxygen atoms in total. The van der Waals surface area contributed by atoms with Gasteiger partial charge in [-0.15, -0.1) is 0 Å². The molecular weight excluding hydrogens is 468 g/mol. The van der Waals surface area contributed by atoms with Gasteiger partial charge in [-0.25, -0.2) is 0 Å². The minimum Gasteiger partial charge on any atom is -0.508 e. The van der Waals surface area contributed by atoms with Crippen LogP contribution in [0.1, 0.15) is 43.4 Å². The molecule has 1 aromatic heterocycles. The summed E-state index contributed by atoms with van der Waals surface area (Å²) in [6.45, 7) is 5.45. The van der Waals surface area contributed by atoms with E-state index >= 15 is 0 Å². The molecule has 3 aliphatic rings. The summed E-state index contributed by atoms with van der Waals surface area (Å²) in [4.78, 5) is 4.51. The van der Waals surface area contributed by atoms with E-state index in [1.165, 1.54) is 39.9 Å². The molecule has 0 aliphatic carbocycles. The number of hydrogen-bond acceptors (Lipinski definition) is 3. The van der Waals surface area contributed by atoms with Crippen molar-refractivity contribution in [3.05, 3.63) is 96.2 Å². The lowest BCUT2D eigenvalue weighted by Crippen LogP contribution is -2.67. The molecule has 38 heavy (non-hydrogen) atoms. The van der Waals surface area contributed by atoms with E-state index in [4.69, 9.17) is 0 Å². The smallest absolute Gasteiger partial charge is 0.131 e. The van der Waals surface area contributed by atoms with Crippen molar-refractivity contribution in [3.63, 3.8) is 0 Å². The largest absolute Gasteiger partial charge is 0.508 e. The highest BCUT2D eigenvalue weighted by atomic mass is 16.3. The number of phenolic OH excluding ortho intramolecular Hbond substituents is 1. The molecule has 192 valence electrons. The number of aromatic hydroxyl groups is 1. The minimum absolute atomic E-state index is 0.0993. The zero-order chi connectivity index (χ0) is 25.9. The number of fused-ring (bicyclic) bond motifs is 6. The maximum atomic E-state index is 12.2. The van der Waals surface area contributed by atoms with Gasteiger partial charge >= 0.3 is 0 Å². The van der Waals surface area contributed by atoms with E-state index in [1.807, 2.05) is 12.1 Å². The van der Waals surface area contributed by atoms with Crippen molar-refractivity contribution in [1.82, 2.24) is 4.98 Å². The average molecular weight is 504 g/mol. The highest BCUT2D eigenvalue weighted by Crippen LogP contribution is 2.49. The number of pyridine rings is 1. The molecular formula is C34H35N2O2+. The maximum absolute atomic E-state index is 12.2. The fourth-order valence-electron chi connectivity index (χ4n) is 7.88. The average Bonchev–Trinajstić information content (AvgIpc) is 2.96. The van der Waals surface area contributed by atoms with Crippen molar-refractivity contribution in [2.75, 3.05) is 13.1 Å². The predicted molar refractivity (Wildman–Crippen MR) is 154 cm³/mol. The standard InChI is InChI=1S/C34H34N2O2/c1-2-22-20-36(21-31-27-9-5-3-7-24(27)17-25-8-4-6-10-28(25)31)16-14-23(22)18-33(36)34(38)29-13-15-35-32-12-11-26(37)19-30(29)32/h3-13,15,17,19,22-23,33-34,38H,2,14,16,18,20-21H2,1H3/p+1/t22-,23-,33-,34+,36?/m0/s1. The lowest BCUT2D eigenvalue weighted by molar-refractivity contribution is -0.985. The molecule has 3 fully saturated rings. The summed E-state index contributed by atoms with van der Waals surface area (Å²) >= 11 is 0. The highest BCUT2D eigenvalue weighted by molar-refractivity contribution is 6.02. The maximum Gasteiger partial charge on any atom is 0.131 e. The first-order chi connectivity index (χ1) is 18.6. The van der Waals surface area contributed by atoms with Crippen LogP contribution in [0.5, 0.6) is 5.75 Å². The molecule has 8 rings (SSSR count). The quantitative estimate of drug-likeness (QED) is 0.198. The van der Waals surface area contributed by atoms with E-state index in [0.717, 1.165) is 47.0 Å². The number of aliphatic hydroxyl groups is 1. The second-order valence-electron chi connectivity index (χ2n) is 11.6. The normalized spacial score (nSPS) is 25.8. The third-order valence-corrected chi connectivity index (χ3v) is 9.78. The zero-order valence-electron chi connectivity index (χ0n) is 21.9. The fourth-order valence-corrected chi connectivity index (χ4v) is 7.88. The Kier molecular flexibility index (Phi) is 5.64. The van der Waals surface area contributed by atoms with Gasteiger partial charge in [-0.05, 0) is 69.8 Å². The molecule has 1 unspecified atom stereocenters. The van der Waals surface area contributed by atoms with Crippen molar-refractivity contribution in [3.8, 4) is 5.75 Å². The van der Waals surface area contributed by atoms with Gasteiger partial charge in [0.1, 0.15) is 24.4 Å². The molecule has 4 heterocycles. The van der Waals surface area contributed by atoms with Crippen LogP contribution in [-0.2, 0) is 6.54 Å². The van der Waals surface area contributed by atoms with Gasteiger partial charge in [-0.2, -0.15) is 0 Å². The number of rotatable bonds is 5. The van der Waals surface area contributed by atoms with E-state index in [1.54, 1.807) is 18.3 Å². The van der Waals surface area contributed by atoms with E-state index < -0.39 is 6.10 Å². The number of nitrogens with zero attached hydrogens (tertiary/aromatic N) is 2. The van der Waals surface area contributed by atoms with Crippen molar-refractivity contribution in [2.24, 2.45) is 11.8 Å². The summed E-state index contributed by atoms with van der Waals surface area (Å²) in [5, 5.41) is 28.5. The Bertz CT molecular complexity index is 1610. The summed E-state index contributed by atoms with van der Waals surface area (Å²) in [7, 11) is 0. The Hall–Kier alpha value is -3.47. The van der Waals surface area contributed by atoms with Crippen LogP contribution < -0.4 is 0 Å². The van der Waals surface area contributed by atoms with Crippen LogP contribution in [0.4, 0.5) is 0 Å². The lowest BCUT2D eigenvalue weighted by atomic mass is 9.70. The zero-order valence-corrected chi connectivity index (χ0v) is 21.9. The van der Waals surface area contributed by atoms with Gasteiger partial charge in [0.15, 0.2) is 0 Å². The van der Waals surface area contributed by atoms with Gasteiger partial charge in [-0.3, -0.25) is 4.98 Å². The number of benzene rings is 4. The van der Waals surface area contributed by atoms with Gasteiger partial charge < -0.3 is 14.7 Å². The summed E-state index contributed by atoms with van der Waals surface area (Å²) in [6.07, 6.45) is 4.62. The number of aliphatic hydroxyl groups excluding tert-OH is 1. The van der Waals surface area contributed by atoms with Gasteiger partial charge in [0.05, 0.1) is 18.6 Å². The molecule has 3 saturated heterocycles. The summed E-state index contributed by atoms with van der Waals surface area (Å²) in [5.41, 5.74) is 3.11. The lowest BCUT2D eigenvalue weighted by Gasteiger charge is -2.58. The van der Waals surface area contributed by atoms with Crippen LogP contribution >= 0.6 is 0 Å². The van der Waals surface area contributed by atoms with E-state index in [9.17, 15) is 10.2 Å². The van der Waals surface area contributed by atoms with Crippen molar-refractivity contribution in [1.29, 1.82) is 0 Å². The topological polar surface area (TPSA) is 53.4 Å². The molecule has 2 N–H and O–H groups in total. The number of quaternary nitrogens is 1. The van der Waals surface area contributed by atoms with Crippen LogP contribution in [0.3, 0.4) is 0 Å². The second kappa shape index (κ2) is 9.07. The predicted octanol–water partition coefficient (Wildman–Crippen LogP) is 7.12. The van der Waals surface area contributed by atoms with Gasteiger partial charge in [-0.1, -0.05) is 55.5 Å². The van der Waals surface area contributed by atoms with E-state index in [-0.39, 0.29) is 11.8 Å². The number of phenols is 1. The van der Waals surface area contributed by atoms with Crippen LogP contribution in [0.2, 0.25) is 0 Å². The Balaban J connectivity index is 1.39. The highest BCUT2D eigenvalue weighted by Gasteiger charge is 2.54. The monoisotopic (exact) mass is 503 g/mol. The molecule has 5 atom stereocenters. The van der Waals surface area contributed by atoms with Gasteiger partial charge in [0.2, 0.25) is 0 Å². The van der Waals surface area contributed by atoms with Crippen LogP contribution in [-0.4, -0.2) is 38.8 Å². The molecule has 4 heteroatoms. The van der Waals surface area contributed by atoms with Crippen molar-refractivity contribution in [2.45, 2.75) is 44.9 Å².